The maximum atomic E-state index is 14.1. The molecule has 1 aromatic carbocycles. The van der Waals surface area contributed by atoms with Crippen molar-refractivity contribution >= 4 is 11.3 Å². The fourth-order valence-corrected chi connectivity index (χ4v) is 2.94. The molecule has 0 fully saturated rings. The molecule has 0 spiro atoms. The second-order valence-electron chi connectivity index (χ2n) is 4.32. The quantitative estimate of drug-likeness (QED) is 0.887. The van der Waals surface area contributed by atoms with Crippen LogP contribution in [0.1, 0.15) is 28.3 Å². The second-order valence-corrected chi connectivity index (χ2v) is 5.07. The summed E-state index contributed by atoms with van der Waals surface area (Å²) in [5, 5.41) is 6.90. The highest BCUT2D eigenvalue weighted by atomic mass is 32.1. The molecular formula is C14H15F2NS. The van der Waals surface area contributed by atoms with E-state index in [1.807, 2.05) is 17.7 Å². The fraction of sp³-hybridized carbons (Fsp3) is 0.286. The predicted octanol–water partition coefficient (Wildman–Crippen LogP) is 3.95. The van der Waals surface area contributed by atoms with Crippen LogP contribution in [0.5, 0.6) is 0 Å². The predicted molar refractivity (Wildman–Crippen MR) is 71.1 cm³/mol. The third kappa shape index (κ3) is 2.18. The van der Waals surface area contributed by atoms with Crippen LogP contribution in [-0.4, -0.2) is 7.05 Å². The highest BCUT2D eigenvalue weighted by Gasteiger charge is 2.23. The Morgan fingerprint density at radius 1 is 1.11 bits per heavy atom. The van der Waals surface area contributed by atoms with E-state index in [-0.39, 0.29) is 5.56 Å². The summed E-state index contributed by atoms with van der Waals surface area (Å²) in [4.78, 5) is 0. The fourth-order valence-electron chi connectivity index (χ4n) is 2.06. The number of nitrogens with one attached hydrogen (secondary N) is 1. The van der Waals surface area contributed by atoms with Crippen molar-refractivity contribution in [1.82, 2.24) is 5.32 Å². The molecule has 1 atom stereocenters. The number of hydrogen-bond acceptors (Lipinski definition) is 2. The van der Waals surface area contributed by atoms with Gasteiger partial charge in [-0.05, 0) is 54.4 Å². The highest BCUT2D eigenvalue weighted by Crippen LogP contribution is 2.31. The lowest BCUT2D eigenvalue weighted by Gasteiger charge is -2.19. The molecule has 0 amide bonds. The summed E-state index contributed by atoms with van der Waals surface area (Å²) in [6, 6.07) is 2.33. The zero-order chi connectivity index (χ0) is 13.3. The van der Waals surface area contributed by atoms with Gasteiger partial charge in [0.1, 0.15) is 11.6 Å². The molecule has 0 aliphatic rings. The number of benzene rings is 1. The van der Waals surface area contributed by atoms with Crippen molar-refractivity contribution in [2.75, 3.05) is 7.05 Å². The van der Waals surface area contributed by atoms with Gasteiger partial charge in [0.15, 0.2) is 0 Å². The SMILES string of the molecule is CNC(c1cscc1C)c1c(F)ccc(C)c1F. The third-order valence-corrected chi connectivity index (χ3v) is 3.98. The van der Waals surface area contributed by atoms with Gasteiger partial charge in [0.25, 0.3) is 0 Å². The molecule has 0 bridgehead atoms. The Balaban J connectivity index is 2.59. The normalized spacial score (nSPS) is 12.7. The Morgan fingerprint density at radius 3 is 2.39 bits per heavy atom. The van der Waals surface area contributed by atoms with E-state index in [1.54, 1.807) is 14.0 Å². The van der Waals surface area contributed by atoms with E-state index in [1.165, 1.54) is 23.5 Å². The first-order valence-electron chi connectivity index (χ1n) is 5.70. The number of halogens is 2. The monoisotopic (exact) mass is 267 g/mol. The Kier molecular flexibility index (Phi) is 3.78. The number of aryl methyl sites for hydroxylation is 2. The highest BCUT2D eigenvalue weighted by molar-refractivity contribution is 7.08. The molecule has 0 radical (unpaired) electrons. The van der Waals surface area contributed by atoms with Crippen molar-refractivity contribution in [2.45, 2.75) is 19.9 Å². The Labute approximate surface area is 109 Å². The van der Waals surface area contributed by atoms with E-state index in [0.717, 1.165) is 11.1 Å². The van der Waals surface area contributed by atoms with E-state index in [0.29, 0.717) is 5.56 Å². The number of hydrogen-bond donors (Lipinski definition) is 1. The second kappa shape index (κ2) is 5.16. The molecule has 2 aromatic rings. The van der Waals surface area contributed by atoms with Crippen LogP contribution in [0.3, 0.4) is 0 Å². The molecular weight excluding hydrogens is 252 g/mol. The molecule has 1 N–H and O–H groups in total. The molecule has 0 saturated carbocycles. The summed E-state index contributed by atoms with van der Waals surface area (Å²) in [5.74, 6) is -0.983. The summed E-state index contributed by atoms with van der Waals surface area (Å²) < 4.78 is 28.1. The van der Waals surface area contributed by atoms with Gasteiger partial charge in [0, 0.05) is 5.56 Å². The molecule has 96 valence electrons. The topological polar surface area (TPSA) is 12.0 Å². The average molecular weight is 267 g/mol. The maximum Gasteiger partial charge on any atom is 0.134 e. The first-order valence-corrected chi connectivity index (χ1v) is 6.65. The summed E-state index contributed by atoms with van der Waals surface area (Å²) in [5.41, 5.74) is 2.52. The van der Waals surface area contributed by atoms with E-state index < -0.39 is 17.7 Å². The molecule has 1 heterocycles. The average Bonchev–Trinajstić information content (AvgIpc) is 2.76. The van der Waals surface area contributed by atoms with Gasteiger partial charge in [-0.25, -0.2) is 8.78 Å². The lowest BCUT2D eigenvalue weighted by Crippen LogP contribution is -2.21. The Morgan fingerprint density at radius 2 is 1.83 bits per heavy atom. The Bertz CT molecular complexity index is 563. The van der Waals surface area contributed by atoms with Crippen molar-refractivity contribution in [1.29, 1.82) is 0 Å². The van der Waals surface area contributed by atoms with Gasteiger partial charge in [-0.1, -0.05) is 6.07 Å². The first kappa shape index (κ1) is 13.2. The largest absolute Gasteiger partial charge is 0.309 e. The molecule has 0 aliphatic heterocycles. The van der Waals surface area contributed by atoms with E-state index in [4.69, 9.17) is 0 Å². The maximum absolute atomic E-state index is 14.1. The molecule has 0 saturated heterocycles. The van der Waals surface area contributed by atoms with Crippen molar-refractivity contribution in [3.05, 3.63) is 56.8 Å². The van der Waals surface area contributed by atoms with Gasteiger partial charge in [0.05, 0.1) is 6.04 Å². The summed E-state index contributed by atoms with van der Waals surface area (Å²) in [6.07, 6.45) is 0. The van der Waals surface area contributed by atoms with Crippen LogP contribution < -0.4 is 5.32 Å². The van der Waals surface area contributed by atoms with Crippen LogP contribution in [0.2, 0.25) is 0 Å². The first-order chi connectivity index (χ1) is 8.56. The van der Waals surface area contributed by atoms with E-state index in [2.05, 4.69) is 5.32 Å². The molecule has 2 rings (SSSR count). The van der Waals surface area contributed by atoms with Gasteiger partial charge >= 0.3 is 0 Å². The van der Waals surface area contributed by atoms with Crippen LogP contribution >= 0.6 is 11.3 Å². The lowest BCUT2D eigenvalue weighted by atomic mass is 9.96. The van der Waals surface area contributed by atoms with Crippen molar-refractivity contribution < 1.29 is 8.78 Å². The van der Waals surface area contributed by atoms with Crippen LogP contribution in [0, 0.1) is 25.5 Å². The molecule has 0 aliphatic carbocycles. The van der Waals surface area contributed by atoms with E-state index in [9.17, 15) is 8.78 Å². The standard InChI is InChI=1S/C14H15F2NS/c1-8-4-5-11(15)12(13(8)16)14(17-3)10-7-18-6-9(10)2/h4-7,14,17H,1-3H3. The zero-order valence-corrected chi connectivity index (χ0v) is 11.4. The lowest BCUT2D eigenvalue weighted by molar-refractivity contribution is 0.517. The Hall–Kier alpha value is -1.26. The van der Waals surface area contributed by atoms with Gasteiger partial charge in [-0.3, -0.25) is 0 Å². The molecule has 4 heteroatoms. The third-order valence-electron chi connectivity index (χ3n) is 3.10. The van der Waals surface area contributed by atoms with Crippen LogP contribution in [-0.2, 0) is 0 Å². The van der Waals surface area contributed by atoms with Crippen LogP contribution in [0.25, 0.3) is 0 Å². The van der Waals surface area contributed by atoms with Crippen LogP contribution in [0.15, 0.2) is 22.9 Å². The minimum atomic E-state index is -0.511. The van der Waals surface area contributed by atoms with Crippen molar-refractivity contribution in [2.24, 2.45) is 0 Å². The van der Waals surface area contributed by atoms with Crippen molar-refractivity contribution in [3.63, 3.8) is 0 Å². The molecule has 1 aromatic heterocycles. The molecule has 1 unspecified atom stereocenters. The molecule has 18 heavy (non-hydrogen) atoms. The van der Waals surface area contributed by atoms with Crippen molar-refractivity contribution in [3.8, 4) is 0 Å². The van der Waals surface area contributed by atoms with E-state index >= 15 is 0 Å². The number of thiophene rings is 1. The summed E-state index contributed by atoms with van der Waals surface area (Å²) >= 11 is 1.54. The molecule has 1 nitrogen and oxygen atoms in total. The summed E-state index contributed by atoms with van der Waals surface area (Å²) in [7, 11) is 1.71. The smallest absolute Gasteiger partial charge is 0.134 e. The zero-order valence-electron chi connectivity index (χ0n) is 10.6. The minimum Gasteiger partial charge on any atom is -0.309 e. The summed E-state index contributed by atoms with van der Waals surface area (Å²) in [6.45, 7) is 3.59. The van der Waals surface area contributed by atoms with Crippen LogP contribution in [0.4, 0.5) is 8.78 Å². The van der Waals surface area contributed by atoms with Gasteiger partial charge in [-0.2, -0.15) is 11.3 Å². The minimum absolute atomic E-state index is 0.0963. The van der Waals surface area contributed by atoms with Gasteiger partial charge in [-0.15, -0.1) is 0 Å². The number of rotatable bonds is 3. The van der Waals surface area contributed by atoms with Gasteiger partial charge in [0.2, 0.25) is 0 Å². The van der Waals surface area contributed by atoms with Gasteiger partial charge < -0.3 is 5.32 Å².